The van der Waals surface area contributed by atoms with Gasteiger partial charge in [0.05, 0.1) is 4.90 Å². The van der Waals surface area contributed by atoms with Crippen molar-refractivity contribution in [1.82, 2.24) is 9.62 Å². The molecule has 1 amide bonds. The Hall–Kier alpha value is -1.57. The van der Waals surface area contributed by atoms with Gasteiger partial charge in [0.2, 0.25) is 15.9 Å². The number of hydrogen-bond acceptors (Lipinski definition) is 4. The fraction of sp³-hybridized carbons (Fsp3) is 0.476. The summed E-state index contributed by atoms with van der Waals surface area (Å²) in [6.45, 7) is 3.59. The van der Waals surface area contributed by atoms with Crippen LogP contribution in [0.2, 0.25) is 0 Å². The number of sulfonamides is 1. The molecule has 7 heteroatoms. The van der Waals surface area contributed by atoms with Gasteiger partial charge in [0, 0.05) is 13.1 Å². The highest BCUT2D eigenvalue weighted by molar-refractivity contribution is 7.98. The van der Waals surface area contributed by atoms with Gasteiger partial charge in [-0.15, -0.1) is 0 Å². The third kappa shape index (κ3) is 5.07. The third-order valence-electron chi connectivity index (χ3n) is 5.33. The highest BCUT2D eigenvalue weighted by Crippen LogP contribution is 2.21. The van der Waals surface area contributed by atoms with Gasteiger partial charge in [0.15, 0.2) is 0 Å². The van der Waals surface area contributed by atoms with Crippen LogP contribution in [-0.4, -0.2) is 50.4 Å². The van der Waals surface area contributed by atoms with Crippen molar-refractivity contribution in [1.29, 1.82) is 0 Å². The third-order valence-corrected chi connectivity index (χ3v) is 7.45. The van der Waals surface area contributed by atoms with Gasteiger partial charge in [0.1, 0.15) is 6.04 Å². The van der Waals surface area contributed by atoms with Crippen molar-refractivity contribution in [3.63, 3.8) is 0 Å². The molecule has 1 atom stereocenters. The van der Waals surface area contributed by atoms with Crippen molar-refractivity contribution in [3.8, 4) is 0 Å². The van der Waals surface area contributed by atoms with E-state index in [9.17, 15) is 13.2 Å². The van der Waals surface area contributed by atoms with E-state index in [1.807, 2.05) is 35.4 Å². The number of benzene rings is 2. The second kappa shape index (κ2) is 9.29. The summed E-state index contributed by atoms with van der Waals surface area (Å²) < 4.78 is 28.7. The zero-order valence-corrected chi connectivity index (χ0v) is 18.1. The molecule has 1 aliphatic rings. The molecule has 2 aromatic rings. The summed E-state index contributed by atoms with van der Waals surface area (Å²) >= 11 is 1.61. The van der Waals surface area contributed by atoms with E-state index in [4.69, 9.17) is 0 Å². The van der Waals surface area contributed by atoms with Crippen LogP contribution in [0.15, 0.2) is 47.4 Å². The number of nitrogens with one attached hydrogen (secondary N) is 1. The SMILES string of the molecule is CSCCC(NS(=O)(=O)c1ccc2ccccc2c1)C(=O)N1CCC(C)CC1. The maximum Gasteiger partial charge on any atom is 0.241 e. The Morgan fingerprint density at radius 2 is 1.86 bits per heavy atom. The fourth-order valence-corrected chi connectivity index (χ4v) is 5.24. The number of likely N-dealkylation sites (tertiary alicyclic amines) is 1. The van der Waals surface area contributed by atoms with Gasteiger partial charge < -0.3 is 4.90 Å². The first kappa shape index (κ1) is 21.1. The predicted molar refractivity (Wildman–Crippen MR) is 116 cm³/mol. The zero-order valence-electron chi connectivity index (χ0n) is 16.4. The molecule has 5 nitrogen and oxygen atoms in total. The van der Waals surface area contributed by atoms with E-state index in [-0.39, 0.29) is 10.8 Å². The zero-order chi connectivity index (χ0) is 20.1. The van der Waals surface area contributed by atoms with Gasteiger partial charge in [-0.1, -0.05) is 37.3 Å². The summed E-state index contributed by atoms with van der Waals surface area (Å²) in [4.78, 5) is 15.0. The van der Waals surface area contributed by atoms with Gasteiger partial charge >= 0.3 is 0 Å². The lowest BCUT2D eigenvalue weighted by atomic mass is 9.98. The number of piperidine rings is 1. The number of thioether (sulfide) groups is 1. The van der Waals surface area contributed by atoms with Crippen LogP contribution in [0.3, 0.4) is 0 Å². The monoisotopic (exact) mass is 420 g/mol. The van der Waals surface area contributed by atoms with Gasteiger partial charge in [-0.3, -0.25) is 4.79 Å². The van der Waals surface area contributed by atoms with E-state index in [2.05, 4.69) is 11.6 Å². The Morgan fingerprint density at radius 3 is 2.54 bits per heavy atom. The van der Waals surface area contributed by atoms with Crippen molar-refractivity contribution in [2.75, 3.05) is 25.1 Å². The predicted octanol–water partition coefficient (Wildman–Crippen LogP) is 3.50. The van der Waals surface area contributed by atoms with Crippen LogP contribution in [0.1, 0.15) is 26.2 Å². The average Bonchev–Trinajstić information content (AvgIpc) is 2.70. The highest BCUT2D eigenvalue weighted by atomic mass is 32.2. The van der Waals surface area contributed by atoms with Crippen LogP contribution in [0.25, 0.3) is 10.8 Å². The molecule has 2 aromatic carbocycles. The number of hydrogen-bond donors (Lipinski definition) is 1. The lowest BCUT2D eigenvalue weighted by Crippen LogP contribution is -2.50. The molecule has 0 radical (unpaired) electrons. The number of fused-ring (bicyclic) bond motifs is 1. The molecule has 1 unspecified atom stereocenters. The molecular formula is C21H28N2O3S2. The van der Waals surface area contributed by atoms with Gasteiger partial charge in [-0.05, 0) is 60.1 Å². The van der Waals surface area contributed by atoms with Crippen molar-refractivity contribution in [2.24, 2.45) is 5.92 Å². The van der Waals surface area contributed by atoms with E-state index in [1.54, 1.807) is 30.0 Å². The number of carbonyl (C=O) groups is 1. The summed E-state index contributed by atoms with van der Waals surface area (Å²) in [5.74, 6) is 1.23. The van der Waals surface area contributed by atoms with Crippen molar-refractivity contribution < 1.29 is 13.2 Å². The molecule has 0 spiro atoms. The second-order valence-corrected chi connectivity index (χ2v) is 10.2. The van der Waals surface area contributed by atoms with Crippen LogP contribution in [-0.2, 0) is 14.8 Å². The summed E-state index contributed by atoms with van der Waals surface area (Å²) in [6, 6.07) is 12.0. The van der Waals surface area contributed by atoms with Crippen LogP contribution < -0.4 is 4.72 Å². The number of rotatable bonds is 7. The quantitative estimate of drug-likeness (QED) is 0.745. The Morgan fingerprint density at radius 1 is 1.18 bits per heavy atom. The van der Waals surface area contributed by atoms with Crippen LogP contribution in [0, 0.1) is 5.92 Å². The van der Waals surface area contributed by atoms with Crippen LogP contribution in [0.5, 0.6) is 0 Å². The van der Waals surface area contributed by atoms with Gasteiger partial charge in [0.25, 0.3) is 0 Å². The molecule has 0 bridgehead atoms. The lowest BCUT2D eigenvalue weighted by Gasteiger charge is -2.33. The van der Waals surface area contributed by atoms with Gasteiger partial charge in [-0.2, -0.15) is 16.5 Å². The molecule has 1 aliphatic heterocycles. The van der Waals surface area contributed by atoms with Gasteiger partial charge in [-0.25, -0.2) is 8.42 Å². The number of carbonyl (C=O) groups excluding carboxylic acids is 1. The smallest absolute Gasteiger partial charge is 0.241 e. The molecular weight excluding hydrogens is 392 g/mol. The van der Waals surface area contributed by atoms with E-state index in [0.717, 1.165) is 29.4 Å². The van der Waals surface area contributed by atoms with E-state index < -0.39 is 16.1 Å². The molecule has 28 heavy (non-hydrogen) atoms. The Balaban J connectivity index is 1.80. The van der Waals surface area contributed by atoms with E-state index in [1.165, 1.54) is 0 Å². The first-order valence-electron chi connectivity index (χ1n) is 9.69. The molecule has 0 saturated carbocycles. The molecule has 152 valence electrons. The molecule has 0 aromatic heterocycles. The summed E-state index contributed by atoms with van der Waals surface area (Å²) in [5.41, 5.74) is 0. The maximum atomic E-state index is 13.0. The van der Waals surface area contributed by atoms with Crippen molar-refractivity contribution in [3.05, 3.63) is 42.5 Å². The van der Waals surface area contributed by atoms with Crippen molar-refractivity contribution in [2.45, 2.75) is 37.1 Å². The molecule has 3 rings (SSSR count). The topological polar surface area (TPSA) is 66.5 Å². The minimum absolute atomic E-state index is 0.106. The Bertz CT molecular complexity index is 922. The van der Waals surface area contributed by atoms with Crippen molar-refractivity contribution >= 4 is 38.5 Å². The molecule has 1 saturated heterocycles. The summed E-state index contributed by atoms with van der Waals surface area (Å²) in [5, 5.41) is 1.85. The first-order valence-corrected chi connectivity index (χ1v) is 12.6. The van der Waals surface area contributed by atoms with E-state index in [0.29, 0.717) is 25.4 Å². The highest BCUT2D eigenvalue weighted by Gasteiger charge is 2.30. The average molecular weight is 421 g/mol. The Kier molecular flexibility index (Phi) is 7.01. The minimum atomic E-state index is -3.78. The van der Waals surface area contributed by atoms with E-state index >= 15 is 0 Å². The summed E-state index contributed by atoms with van der Waals surface area (Å²) in [6.07, 6.45) is 4.39. The second-order valence-electron chi connectivity index (χ2n) is 7.47. The van der Waals surface area contributed by atoms with Crippen LogP contribution in [0.4, 0.5) is 0 Å². The molecule has 1 N–H and O–H groups in total. The molecule has 1 heterocycles. The standard InChI is InChI=1S/C21H28N2O3S2/c1-16-9-12-23(13-10-16)21(24)20(11-14-27-2)22-28(25,26)19-8-7-17-5-3-4-6-18(17)15-19/h3-8,15-16,20,22H,9-14H2,1-2H3. The van der Waals surface area contributed by atoms with Crippen LogP contribution >= 0.6 is 11.8 Å². The number of nitrogens with zero attached hydrogens (tertiary/aromatic N) is 1. The minimum Gasteiger partial charge on any atom is -0.341 e. The molecule has 0 aliphatic carbocycles. The largest absolute Gasteiger partial charge is 0.341 e. The maximum absolute atomic E-state index is 13.0. The lowest BCUT2D eigenvalue weighted by molar-refractivity contribution is -0.134. The fourth-order valence-electron chi connectivity index (χ4n) is 3.51. The summed E-state index contributed by atoms with van der Waals surface area (Å²) in [7, 11) is -3.78. The number of amides is 1. The Labute approximate surface area is 171 Å². The molecule has 1 fully saturated rings. The first-order chi connectivity index (χ1) is 13.4. The normalized spacial score (nSPS) is 17.0.